The third-order valence-electron chi connectivity index (χ3n) is 5.37. The summed E-state index contributed by atoms with van der Waals surface area (Å²) in [5.41, 5.74) is 4.27. The maximum absolute atomic E-state index is 6.42. The first-order valence-corrected chi connectivity index (χ1v) is 11.3. The Morgan fingerprint density at radius 3 is 1.30 bits per heavy atom. The molecule has 168 valence electrons. The minimum atomic E-state index is 0.667. The summed E-state index contributed by atoms with van der Waals surface area (Å²) in [6.07, 6.45) is 1.36. The van der Waals surface area contributed by atoms with Crippen LogP contribution in [0.3, 0.4) is 0 Å². The van der Waals surface area contributed by atoms with Crippen LogP contribution in [-0.4, -0.2) is 14.2 Å². The van der Waals surface area contributed by atoms with Gasteiger partial charge in [0.25, 0.3) is 0 Å². The first kappa shape index (κ1) is 23.0. The Labute approximate surface area is 204 Å². The summed E-state index contributed by atoms with van der Waals surface area (Å²) < 4.78 is 16.9. The smallest absolute Gasteiger partial charge is 0.131 e. The number of methoxy groups -OCH3 is 2. The third kappa shape index (κ3) is 6.01. The van der Waals surface area contributed by atoms with Gasteiger partial charge in [-0.25, -0.2) is 0 Å². The Balaban J connectivity index is 1.61. The molecular formula is C28H24Cl2O3. The highest BCUT2D eigenvalue weighted by Crippen LogP contribution is 2.34. The molecule has 0 N–H and O–H groups in total. The van der Waals surface area contributed by atoms with Crippen LogP contribution >= 0.6 is 23.2 Å². The van der Waals surface area contributed by atoms with Gasteiger partial charge in [0.15, 0.2) is 0 Å². The van der Waals surface area contributed by atoms with Gasteiger partial charge < -0.3 is 14.2 Å². The van der Waals surface area contributed by atoms with E-state index >= 15 is 0 Å². The molecule has 0 aliphatic carbocycles. The summed E-state index contributed by atoms with van der Waals surface area (Å²) >= 11 is 12.6. The number of hydrogen-bond acceptors (Lipinski definition) is 3. The van der Waals surface area contributed by atoms with Crippen LogP contribution < -0.4 is 14.2 Å². The molecule has 0 atom stereocenters. The van der Waals surface area contributed by atoms with Gasteiger partial charge in [-0.05, 0) is 71.8 Å². The fourth-order valence-corrected chi connectivity index (χ4v) is 4.01. The highest BCUT2D eigenvalue weighted by Gasteiger charge is 2.12. The zero-order valence-corrected chi connectivity index (χ0v) is 20.0. The first-order valence-electron chi connectivity index (χ1n) is 10.5. The topological polar surface area (TPSA) is 27.7 Å². The number of hydrogen-bond donors (Lipinski definition) is 0. The van der Waals surface area contributed by atoms with Crippen molar-refractivity contribution in [1.29, 1.82) is 0 Å². The molecule has 0 aliphatic rings. The van der Waals surface area contributed by atoms with E-state index < -0.39 is 0 Å². The largest absolute Gasteiger partial charge is 0.497 e. The van der Waals surface area contributed by atoms with Gasteiger partial charge in [0.05, 0.1) is 14.2 Å². The van der Waals surface area contributed by atoms with Crippen LogP contribution in [0.25, 0.3) is 0 Å². The van der Waals surface area contributed by atoms with Gasteiger partial charge in [0.1, 0.15) is 23.0 Å². The average Bonchev–Trinajstić information content (AvgIpc) is 2.83. The lowest BCUT2D eigenvalue weighted by Gasteiger charge is -2.16. The lowest BCUT2D eigenvalue weighted by molar-refractivity contribution is 0.414. The van der Waals surface area contributed by atoms with Crippen molar-refractivity contribution >= 4 is 23.2 Å². The maximum Gasteiger partial charge on any atom is 0.131 e. The Bertz CT molecular complexity index is 1120. The Morgan fingerprint density at radius 1 is 0.545 bits per heavy atom. The van der Waals surface area contributed by atoms with E-state index in [1.807, 2.05) is 84.9 Å². The van der Waals surface area contributed by atoms with Crippen LogP contribution in [0.5, 0.6) is 23.0 Å². The van der Waals surface area contributed by atoms with E-state index in [1.165, 1.54) is 0 Å². The van der Waals surface area contributed by atoms with Crippen molar-refractivity contribution in [3.63, 3.8) is 0 Å². The molecule has 0 saturated heterocycles. The molecule has 0 radical (unpaired) electrons. The summed E-state index contributed by atoms with van der Waals surface area (Å²) in [7, 11) is 3.32. The zero-order chi connectivity index (χ0) is 23.2. The number of ether oxygens (including phenoxy) is 3. The van der Waals surface area contributed by atoms with E-state index in [0.29, 0.717) is 22.9 Å². The lowest BCUT2D eigenvalue weighted by Crippen LogP contribution is -1.98. The molecule has 4 aromatic carbocycles. The fourth-order valence-electron chi connectivity index (χ4n) is 3.62. The van der Waals surface area contributed by atoms with Crippen molar-refractivity contribution in [1.82, 2.24) is 0 Å². The summed E-state index contributed by atoms with van der Waals surface area (Å²) in [4.78, 5) is 0. The Kier molecular flexibility index (Phi) is 7.43. The van der Waals surface area contributed by atoms with Crippen molar-refractivity contribution < 1.29 is 14.2 Å². The van der Waals surface area contributed by atoms with E-state index in [1.54, 1.807) is 14.2 Å². The van der Waals surface area contributed by atoms with Crippen molar-refractivity contribution in [2.45, 2.75) is 12.8 Å². The molecule has 0 aliphatic heterocycles. The number of halogens is 2. The standard InChI is InChI=1S/C28H24Cl2O3/c1-31-25-9-3-19(4-10-25)15-21-17-23(29)7-13-27(21)33-28-14-8-24(30)18-22(28)16-20-5-11-26(32-2)12-6-20/h3-14,17-18H,15-16H2,1-2H3. The summed E-state index contributed by atoms with van der Waals surface area (Å²) in [5, 5.41) is 1.33. The monoisotopic (exact) mass is 478 g/mol. The van der Waals surface area contributed by atoms with Gasteiger partial charge in [-0.2, -0.15) is 0 Å². The number of rotatable bonds is 8. The quantitative estimate of drug-likeness (QED) is 0.256. The van der Waals surface area contributed by atoms with Crippen LogP contribution in [0.1, 0.15) is 22.3 Å². The molecule has 3 nitrogen and oxygen atoms in total. The van der Waals surface area contributed by atoms with Crippen molar-refractivity contribution in [2.24, 2.45) is 0 Å². The van der Waals surface area contributed by atoms with Crippen molar-refractivity contribution in [3.05, 3.63) is 117 Å². The van der Waals surface area contributed by atoms with E-state index in [4.69, 9.17) is 37.4 Å². The highest BCUT2D eigenvalue weighted by atomic mass is 35.5. The molecule has 0 spiro atoms. The maximum atomic E-state index is 6.42. The van der Waals surface area contributed by atoms with Gasteiger partial charge in [-0.15, -0.1) is 0 Å². The second kappa shape index (κ2) is 10.7. The van der Waals surface area contributed by atoms with Crippen LogP contribution in [-0.2, 0) is 12.8 Å². The minimum absolute atomic E-state index is 0.667. The molecule has 0 bridgehead atoms. The second-order valence-electron chi connectivity index (χ2n) is 7.66. The molecule has 0 aromatic heterocycles. The van der Waals surface area contributed by atoms with Gasteiger partial charge in [0.2, 0.25) is 0 Å². The third-order valence-corrected chi connectivity index (χ3v) is 5.84. The predicted octanol–water partition coefficient (Wildman–Crippen LogP) is 7.98. The Hall–Kier alpha value is -3.14. The normalized spacial score (nSPS) is 10.7. The van der Waals surface area contributed by atoms with Gasteiger partial charge in [-0.1, -0.05) is 47.5 Å². The summed E-state index contributed by atoms with van der Waals surface area (Å²) in [6.45, 7) is 0. The molecule has 5 heteroatoms. The van der Waals surface area contributed by atoms with E-state index in [-0.39, 0.29) is 0 Å². The Morgan fingerprint density at radius 2 is 0.939 bits per heavy atom. The molecule has 0 saturated carbocycles. The first-order chi connectivity index (χ1) is 16.0. The molecule has 33 heavy (non-hydrogen) atoms. The second-order valence-corrected chi connectivity index (χ2v) is 8.53. The van der Waals surface area contributed by atoms with Crippen LogP contribution in [0, 0.1) is 0 Å². The van der Waals surface area contributed by atoms with E-state index in [0.717, 1.165) is 45.3 Å². The fraction of sp³-hybridized carbons (Fsp3) is 0.143. The molecule has 4 aromatic rings. The molecule has 0 fully saturated rings. The van der Waals surface area contributed by atoms with Crippen LogP contribution in [0.2, 0.25) is 10.0 Å². The van der Waals surface area contributed by atoms with Gasteiger partial charge >= 0.3 is 0 Å². The van der Waals surface area contributed by atoms with E-state index in [2.05, 4.69) is 0 Å². The average molecular weight is 479 g/mol. The summed E-state index contributed by atoms with van der Waals surface area (Å²) in [5.74, 6) is 3.17. The van der Waals surface area contributed by atoms with Crippen LogP contribution in [0.4, 0.5) is 0 Å². The molecule has 0 amide bonds. The molecule has 4 rings (SSSR count). The van der Waals surface area contributed by atoms with Gasteiger partial charge in [-0.3, -0.25) is 0 Å². The number of benzene rings is 4. The van der Waals surface area contributed by atoms with E-state index in [9.17, 15) is 0 Å². The lowest BCUT2D eigenvalue weighted by atomic mass is 10.0. The van der Waals surface area contributed by atoms with Crippen molar-refractivity contribution in [3.8, 4) is 23.0 Å². The molecule has 0 unspecified atom stereocenters. The van der Waals surface area contributed by atoms with Gasteiger partial charge in [0, 0.05) is 34.0 Å². The molecular weight excluding hydrogens is 455 g/mol. The summed E-state index contributed by atoms with van der Waals surface area (Å²) in [6, 6.07) is 27.4. The molecule has 0 heterocycles. The van der Waals surface area contributed by atoms with Crippen LogP contribution in [0.15, 0.2) is 84.9 Å². The predicted molar refractivity (Wildman–Crippen MR) is 135 cm³/mol. The minimum Gasteiger partial charge on any atom is -0.497 e. The SMILES string of the molecule is COc1ccc(Cc2cc(Cl)ccc2Oc2ccc(Cl)cc2Cc2ccc(OC)cc2)cc1. The van der Waals surface area contributed by atoms with Crippen molar-refractivity contribution in [2.75, 3.05) is 14.2 Å². The highest BCUT2D eigenvalue weighted by molar-refractivity contribution is 6.31. The zero-order valence-electron chi connectivity index (χ0n) is 18.5.